The highest BCUT2D eigenvalue weighted by Crippen LogP contribution is 2.22. The van der Waals surface area contributed by atoms with Gasteiger partial charge in [0.2, 0.25) is 15.0 Å². The van der Waals surface area contributed by atoms with Gasteiger partial charge in [-0.15, -0.1) is 0 Å². The van der Waals surface area contributed by atoms with Crippen molar-refractivity contribution in [3.63, 3.8) is 0 Å². The van der Waals surface area contributed by atoms with Crippen molar-refractivity contribution < 1.29 is 13.2 Å². The Bertz CT molecular complexity index is 1240. The summed E-state index contributed by atoms with van der Waals surface area (Å²) in [7, 11) is -3.68. The average molecular weight is 488 g/mol. The zero-order valence-electron chi connectivity index (χ0n) is 19.5. The molecular formula is C25H30ClN3O3S. The van der Waals surface area contributed by atoms with E-state index in [0.29, 0.717) is 29.4 Å². The number of aryl methyl sites for hydroxylation is 1. The molecule has 0 radical (unpaired) electrons. The third-order valence-electron chi connectivity index (χ3n) is 5.43. The second-order valence-corrected chi connectivity index (χ2v) is 10.9. The quantitative estimate of drug-likeness (QED) is 0.419. The number of rotatable bonds is 9. The highest BCUT2D eigenvalue weighted by atomic mass is 35.5. The highest BCUT2D eigenvalue weighted by Gasteiger charge is 2.26. The Balaban J connectivity index is 1.94. The summed E-state index contributed by atoms with van der Waals surface area (Å²) < 4.78 is 28.4. The zero-order valence-corrected chi connectivity index (χ0v) is 21.0. The minimum atomic E-state index is -3.68. The lowest BCUT2D eigenvalue weighted by Gasteiger charge is -2.23. The molecule has 33 heavy (non-hydrogen) atoms. The summed E-state index contributed by atoms with van der Waals surface area (Å²) >= 11 is 6.06. The molecule has 0 aliphatic rings. The fraction of sp³-hybridized carbons (Fsp3) is 0.360. The molecule has 0 saturated carbocycles. The largest absolute Gasteiger partial charge is 0.333 e. The second-order valence-electron chi connectivity index (χ2n) is 8.55. The van der Waals surface area contributed by atoms with Crippen LogP contribution < -0.4 is 0 Å². The summed E-state index contributed by atoms with van der Waals surface area (Å²) in [5.41, 5.74) is 2.85. The van der Waals surface area contributed by atoms with E-state index < -0.39 is 9.84 Å². The van der Waals surface area contributed by atoms with E-state index >= 15 is 0 Å². The summed E-state index contributed by atoms with van der Waals surface area (Å²) in [6.07, 6.45) is 1.57. The standard InChI is InChI=1S/C25H30ClN3O3S/c1-5-28(24(30)20-11-8-12-22(26)13-20)16-23-14-27-25(29(23)15-18(2)3)33(31,32)17-21-10-7-6-9-19(21)4/h6-14,18H,5,15-17H2,1-4H3. The first kappa shape index (κ1) is 25.0. The van der Waals surface area contributed by atoms with E-state index in [2.05, 4.69) is 4.98 Å². The van der Waals surface area contributed by atoms with Crippen LogP contribution in [0.4, 0.5) is 0 Å². The maximum absolute atomic E-state index is 13.3. The molecule has 6 nitrogen and oxygen atoms in total. The van der Waals surface area contributed by atoms with Crippen LogP contribution in [0.5, 0.6) is 0 Å². The maximum Gasteiger partial charge on any atom is 0.254 e. The molecule has 0 unspecified atom stereocenters. The van der Waals surface area contributed by atoms with Crippen LogP contribution in [0, 0.1) is 12.8 Å². The van der Waals surface area contributed by atoms with E-state index in [-0.39, 0.29) is 29.3 Å². The topological polar surface area (TPSA) is 72.3 Å². The van der Waals surface area contributed by atoms with Crippen LogP contribution in [0.2, 0.25) is 5.02 Å². The van der Waals surface area contributed by atoms with Gasteiger partial charge in [-0.3, -0.25) is 4.79 Å². The van der Waals surface area contributed by atoms with Gasteiger partial charge in [-0.2, -0.15) is 0 Å². The van der Waals surface area contributed by atoms with Crippen molar-refractivity contribution in [3.05, 3.63) is 82.1 Å². The third kappa shape index (κ3) is 6.03. The Morgan fingerprint density at radius 3 is 2.52 bits per heavy atom. The molecule has 0 bridgehead atoms. The van der Waals surface area contributed by atoms with Gasteiger partial charge in [-0.25, -0.2) is 13.4 Å². The first-order valence-electron chi connectivity index (χ1n) is 11.0. The van der Waals surface area contributed by atoms with E-state index in [1.165, 1.54) is 0 Å². The smallest absolute Gasteiger partial charge is 0.254 e. The SMILES string of the molecule is CCN(Cc1cnc(S(=O)(=O)Cc2ccccc2C)n1CC(C)C)C(=O)c1cccc(Cl)c1. The number of imidazole rings is 1. The highest BCUT2D eigenvalue weighted by molar-refractivity contribution is 7.90. The minimum absolute atomic E-state index is 0.0423. The van der Waals surface area contributed by atoms with E-state index in [9.17, 15) is 13.2 Å². The summed E-state index contributed by atoms with van der Waals surface area (Å²) in [4.78, 5) is 19.0. The maximum atomic E-state index is 13.3. The Hall–Kier alpha value is -2.64. The van der Waals surface area contributed by atoms with Crippen molar-refractivity contribution in [3.8, 4) is 0 Å². The fourth-order valence-electron chi connectivity index (χ4n) is 3.69. The summed E-state index contributed by atoms with van der Waals surface area (Å²) in [5, 5.41) is 0.534. The van der Waals surface area contributed by atoms with Gasteiger partial charge in [-0.05, 0) is 49.1 Å². The molecule has 0 N–H and O–H groups in total. The molecule has 1 heterocycles. The number of hydrogen-bond donors (Lipinski definition) is 0. The first-order valence-corrected chi connectivity index (χ1v) is 13.0. The molecule has 8 heteroatoms. The van der Waals surface area contributed by atoms with Gasteiger partial charge < -0.3 is 9.47 Å². The van der Waals surface area contributed by atoms with Gasteiger partial charge in [-0.1, -0.05) is 55.8 Å². The van der Waals surface area contributed by atoms with Gasteiger partial charge in [0.25, 0.3) is 5.91 Å². The number of amides is 1. The monoisotopic (exact) mass is 487 g/mol. The molecule has 0 fully saturated rings. The summed E-state index contributed by atoms with van der Waals surface area (Å²) in [6, 6.07) is 14.3. The van der Waals surface area contributed by atoms with Gasteiger partial charge >= 0.3 is 0 Å². The van der Waals surface area contributed by atoms with Crippen LogP contribution in [-0.2, 0) is 28.7 Å². The number of hydrogen-bond acceptors (Lipinski definition) is 4. The zero-order chi connectivity index (χ0) is 24.2. The lowest BCUT2D eigenvalue weighted by Crippen LogP contribution is -2.31. The molecule has 2 aromatic carbocycles. The fourth-order valence-corrected chi connectivity index (χ4v) is 5.49. The Kier molecular flexibility index (Phi) is 7.97. The second kappa shape index (κ2) is 10.5. The molecule has 0 atom stereocenters. The Labute approximate surface area is 201 Å². The van der Waals surface area contributed by atoms with Crippen LogP contribution in [0.15, 0.2) is 59.9 Å². The number of benzene rings is 2. The lowest BCUT2D eigenvalue weighted by molar-refractivity contribution is 0.0748. The first-order chi connectivity index (χ1) is 15.6. The van der Waals surface area contributed by atoms with Crippen molar-refractivity contribution in [1.82, 2.24) is 14.5 Å². The van der Waals surface area contributed by atoms with E-state index in [1.54, 1.807) is 39.9 Å². The molecule has 1 amide bonds. The van der Waals surface area contributed by atoms with Crippen LogP contribution >= 0.6 is 11.6 Å². The van der Waals surface area contributed by atoms with Crippen LogP contribution in [0.3, 0.4) is 0 Å². The minimum Gasteiger partial charge on any atom is -0.333 e. The summed E-state index contributed by atoms with van der Waals surface area (Å²) in [5.74, 6) is -0.0849. The van der Waals surface area contributed by atoms with Crippen molar-refractivity contribution in [2.75, 3.05) is 6.54 Å². The number of halogens is 1. The number of carbonyl (C=O) groups is 1. The molecule has 3 aromatic rings. The average Bonchev–Trinajstić information content (AvgIpc) is 3.15. The van der Waals surface area contributed by atoms with Gasteiger partial charge in [0.15, 0.2) is 0 Å². The molecule has 0 aliphatic heterocycles. The molecule has 1 aromatic heterocycles. The van der Waals surface area contributed by atoms with E-state index in [0.717, 1.165) is 11.1 Å². The number of carbonyl (C=O) groups excluding carboxylic acids is 1. The van der Waals surface area contributed by atoms with Crippen LogP contribution in [-0.4, -0.2) is 35.3 Å². The van der Waals surface area contributed by atoms with Gasteiger partial charge in [0.05, 0.1) is 24.2 Å². The van der Waals surface area contributed by atoms with Crippen LogP contribution in [0.1, 0.15) is 48.0 Å². The molecule has 176 valence electrons. The number of aromatic nitrogens is 2. The van der Waals surface area contributed by atoms with Crippen molar-refractivity contribution in [2.24, 2.45) is 5.92 Å². The number of nitrogens with zero attached hydrogens (tertiary/aromatic N) is 3. The predicted octanol–water partition coefficient (Wildman–Crippen LogP) is 5.14. The Morgan fingerprint density at radius 2 is 1.88 bits per heavy atom. The predicted molar refractivity (Wildman–Crippen MR) is 131 cm³/mol. The molecule has 0 saturated heterocycles. The Morgan fingerprint density at radius 1 is 1.15 bits per heavy atom. The van der Waals surface area contributed by atoms with Gasteiger partial charge in [0, 0.05) is 23.7 Å². The van der Waals surface area contributed by atoms with Crippen LogP contribution in [0.25, 0.3) is 0 Å². The molecular weight excluding hydrogens is 458 g/mol. The van der Waals surface area contributed by atoms with Crippen molar-refractivity contribution in [2.45, 2.75) is 51.7 Å². The number of sulfone groups is 1. The van der Waals surface area contributed by atoms with E-state index in [1.807, 2.05) is 52.0 Å². The normalized spacial score (nSPS) is 11.7. The lowest BCUT2D eigenvalue weighted by atomic mass is 10.1. The molecule has 0 spiro atoms. The molecule has 0 aliphatic carbocycles. The third-order valence-corrected chi connectivity index (χ3v) is 7.24. The summed E-state index contributed by atoms with van der Waals surface area (Å²) in [6.45, 7) is 9.04. The van der Waals surface area contributed by atoms with Crippen molar-refractivity contribution in [1.29, 1.82) is 0 Å². The van der Waals surface area contributed by atoms with E-state index in [4.69, 9.17) is 11.6 Å². The van der Waals surface area contributed by atoms with Gasteiger partial charge in [0.1, 0.15) is 0 Å². The molecule has 3 rings (SSSR count). The van der Waals surface area contributed by atoms with Crippen molar-refractivity contribution >= 4 is 27.3 Å².